The van der Waals surface area contributed by atoms with Crippen molar-refractivity contribution >= 4 is 17.6 Å². The molecule has 1 aliphatic heterocycles. The van der Waals surface area contributed by atoms with Crippen LogP contribution in [0, 0.1) is 6.92 Å². The second-order valence-corrected chi connectivity index (χ2v) is 7.55. The van der Waals surface area contributed by atoms with Gasteiger partial charge < -0.3 is 20.7 Å². The zero-order valence-electron chi connectivity index (χ0n) is 17.9. The van der Waals surface area contributed by atoms with Crippen LogP contribution in [0.4, 0.5) is 5.69 Å². The molecule has 3 rings (SSSR count). The number of unbranched alkanes of at least 4 members (excludes halogenated alkanes) is 1. The normalized spacial score (nSPS) is 15.9. The topological polar surface area (TPSA) is 74.8 Å². The lowest BCUT2D eigenvalue weighted by atomic mass is 9.91. The number of hydrogen-bond acceptors (Lipinski definition) is 3. The highest BCUT2D eigenvalue weighted by Crippen LogP contribution is 2.31. The van der Waals surface area contributed by atoms with Gasteiger partial charge in [0, 0.05) is 31.1 Å². The molecule has 1 unspecified atom stereocenters. The van der Waals surface area contributed by atoms with E-state index in [1.54, 1.807) is 0 Å². The van der Waals surface area contributed by atoms with E-state index in [1.807, 2.05) is 30.3 Å². The number of ether oxygens (including phenoxy) is 1. The largest absolute Gasteiger partial charge is 0.494 e. The van der Waals surface area contributed by atoms with Crippen LogP contribution in [0.1, 0.15) is 43.2 Å². The summed E-state index contributed by atoms with van der Waals surface area (Å²) in [5, 5.41) is 9.61. The lowest BCUT2D eigenvalue weighted by Crippen LogP contribution is -2.38. The van der Waals surface area contributed by atoms with Crippen LogP contribution in [0.15, 0.2) is 53.5 Å². The van der Waals surface area contributed by atoms with E-state index in [4.69, 9.17) is 9.73 Å². The van der Waals surface area contributed by atoms with E-state index < -0.39 is 0 Å². The van der Waals surface area contributed by atoms with E-state index >= 15 is 0 Å². The first kappa shape index (κ1) is 21.7. The van der Waals surface area contributed by atoms with Crippen molar-refractivity contribution in [1.82, 2.24) is 10.6 Å². The summed E-state index contributed by atoms with van der Waals surface area (Å²) < 4.78 is 5.77. The quantitative estimate of drug-likeness (QED) is 0.335. The fraction of sp³-hybridized carbons (Fsp3) is 0.417. The zero-order valence-corrected chi connectivity index (χ0v) is 17.9. The number of carbonyl (C=O) groups is 1. The van der Waals surface area contributed by atoms with Crippen molar-refractivity contribution in [3.63, 3.8) is 0 Å². The van der Waals surface area contributed by atoms with Crippen LogP contribution in [0.5, 0.6) is 5.75 Å². The summed E-state index contributed by atoms with van der Waals surface area (Å²) in [6, 6.07) is 16.1. The molecule has 2 aromatic carbocycles. The predicted molar refractivity (Wildman–Crippen MR) is 122 cm³/mol. The Labute approximate surface area is 179 Å². The molecule has 1 aliphatic rings. The van der Waals surface area contributed by atoms with E-state index in [1.165, 1.54) is 5.56 Å². The van der Waals surface area contributed by atoms with Crippen molar-refractivity contribution in [2.24, 2.45) is 4.99 Å². The van der Waals surface area contributed by atoms with Crippen LogP contribution in [0.2, 0.25) is 0 Å². The van der Waals surface area contributed by atoms with Crippen LogP contribution < -0.4 is 20.7 Å². The van der Waals surface area contributed by atoms with Crippen molar-refractivity contribution < 1.29 is 9.53 Å². The average molecular weight is 409 g/mol. The Morgan fingerprint density at radius 3 is 2.73 bits per heavy atom. The van der Waals surface area contributed by atoms with Gasteiger partial charge in [0.15, 0.2) is 5.96 Å². The minimum atomic E-state index is 0.0560. The van der Waals surface area contributed by atoms with E-state index in [9.17, 15) is 4.79 Å². The van der Waals surface area contributed by atoms with Crippen LogP contribution in [-0.4, -0.2) is 38.1 Å². The molecule has 30 heavy (non-hydrogen) atoms. The summed E-state index contributed by atoms with van der Waals surface area (Å²) in [5.41, 5.74) is 3.30. The van der Waals surface area contributed by atoms with Gasteiger partial charge in [0.2, 0.25) is 5.91 Å². The van der Waals surface area contributed by atoms with Crippen LogP contribution >= 0.6 is 0 Å². The number of aliphatic imine (C=N–C) groups is 1. The second kappa shape index (κ2) is 11.2. The summed E-state index contributed by atoms with van der Waals surface area (Å²) in [7, 11) is 0. The Balaban J connectivity index is 1.43. The number of aryl methyl sites for hydroxylation is 1. The molecule has 6 nitrogen and oxygen atoms in total. The fourth-order valence-electron chi connectivity index (χ4n) is 3.47. The van der Waals surface area contributed by atoms with Gasteiger partial charge in [-0.15, -0.1) is 0 Å². The van der Waals surface area contributed by atoms with Crippen LogP contribution in [0.25, 0.3) is 0 Å². The highest BCUT2D eigenvalue weighted by atomic mass is 16.5. The van der Waals surface area contributed by atoms with Gasteiger partial charge >= 0.3 is 0 Å². The van der Waals surface area contributed by atoms with E-state index in [-0.39, 0.29) is 11.8 Å². The highest BCUT2D eigenvalue weighted by molar-refractivity contribution is 5.94. The number of carbonyl (C=O) groups excluding carboxylic acids is 1. The number of amides is 1. The van der Waals surface area contributed by atoms with Gasteiger partial charge in [-0.1, -0.05) is 35.9 Å². The minimum Gasteiger partial charge on any atom is -0.494 e. The average Bonchev–Trinajstić information content (AvgIpc) is 2.75. The Hall–Kier alpha value is -3.02. The standard InChI is InChI=1S/C24H32N4O2/c1-3-25-24(26-14-6-7-15-30-20-12-10-18(2)11-13-20)27-17-19-16-23(29)28-22-9-5-4-8-21(19)22/h4-5,8-13,19H,3,6-7,14-17H2,1-2H3,(H,28,29)(H2,25,26,27). The van der Waals surface area contributed by atoms with Gasteiger partial charge in [0.1, 0.15) is 5.75 Å². The number of anilines is 1. The van der Waals surface area contributed by atoms with E-state index in [2.05, 4.69) is 48.0 Å². The maximum Gasteiger partial charge on any atom is 0.225 e. The van der Waals surface area contributed by atoms with Gasteiger partial charge in [-0.05, 0) is 50.5 Å². The SMILES string of the molecule is CCNC(=NCC1CC(=O)Nc2ccccc21)NCCCCOc1ccc(C)cc1. The predicted octanol–water partition coefficient (Wildman–Crippen LogP) is 3.84. The van der Waals surface area contributed by atoms with Gasteiger partial charge in [-0.25, -0.2) is 0 Å². The molecule has 2 aromatic rings. The van der Waals surface area contributed by atoms with Gasteiger partial charge in [0.05, 0.1) is 13.2 Å². The zero-order chi connectivity index (χ0) is 21.2. The minimum absolute atomic E-state index is 0.0560. The van der Waals surface area contributed by atoms with Crippen molar-refractivity contribution in [3.05, 3.63) is 59.7 Å². The Morgan fingerprint density at radius 2 is 1.93 bits per heavy atom. The molecular formula is C24H32N4O2. The summed E-state index contributed by atoms with van der Waals surface area (Å²) in [4.78, 5) is 16.7. The molecule has 6 heteroatoms. The molecule has 0 fully saturated rings. The van der Waals surface area contributed by atoms with Crippen molar-refractivity contribution in [2.45, 2.75) is 39.0 Å². The highest BCUT2D eigenvalue weighted by Gasteiger charge is 2.24. The summed E-state index contributed by atoms with van der Waals surface area (Å²) >= 11 is 0. The number of benzene rings is 2. The molecule has 0 bridgehead atoms. The molecule has 1 amide bonds. The molecule has 0 spiro atoms. The number of rotatable bonds is 9. The monoisotopic (exact) mass is 408 g/mol. The molecule has 0 saturated carbocycles. The maximum atomic E-state index is 12.0. The summed E-state index contributed by atoms with van der Waals surface area (Å²) in [6.45, 7) is 7.02. The summed E-state index contributed by atoms with van der Waals surface area (Å²) in [5.74, 6) is 1.87. The number of hydrogen-bond donors (Lipinski definition) is 3. The lowest BCUT2D eigenvalue weighted by Gasteiger charge is -2.24. The summed E-state index contributed by atoms with van der Waals surface area (Å²) in [6.07, 6.45) is 2.43. The first-order valence-electron chi connectivity index (χ1n) is 10.8. The Bertz CT molecular complexity index is 849. The van der Waals surface area contributed by atoms with E-state index in [0.717, 1.165) is 48.9 Å². The van der Waals surface area contributed by atoms with Crippen molar-refractivity contribution in [3.8, 4) is 5.75 Å². The number of guanidine groups is 1. The molecule has 0 saturated heterocycles. The molecule has 1 heterocycles. The number of para-hydroxylation sites is 1. The molecule has 0 aliphatic carbocycles. The molecule has 160 valence electrons. The van der Waals surface area contributed by atoms with Crippen LogP contribution in [-0.2, 0) is 4.79 Å². The molecule has 3 N–H and O–H groups in total. The van der Waals surface area contributed by atoms with Gasteiger partial charge in [0.25, 0.3) is 0 Å². The third kappa shape index (κ3) is 6.51. The second-order valence-electron chi connectivity index (χ2n) is 7.55. The fourth-order valence-corrected chi connectivity index (χ4v) is 3.47. The van der Waals surface area contributed by atoms with Crippen molar-refractivity contribution in [2.75, 3.05) is 31.6 Å². The number of nitrogens with zero attached hydrogens (tertiary/aromatic N) is 1. The van der Waals surface area contributed by atoms with Crippen molar-refractivity contribution in [1.29, 1.82) is 0 Å². The van der Waals surface area contributed by atoms with E-state index in [0.29, 0.717) is 19.6 Å². The first-order valence-corrected chi connectivity index (χ1v) is 10.8. The number of nitrogens with one attached hydrogen (secondary N) is 3. The molecule has 0 aromatic heterocycles. The Kier molecular flexibility index (Phi) is 8.12. The molecular weight excluding hydrogens is 376 g/mol. The third-order valence-corrected chi connectivity index (χ3v) is 5.07. The smallest absolute Gasteiger partial charge is 0.225 e. The van der Waals surface area contributed by atoms with Crippen LogP contribution in [0.3, 0.4) is 0 Å². The third-order valence-electron chi connectivity index (χ3n) is 5.07. The molecule has 1 atom stereocenters. The Morgan fingerprint density at radius 1 is 1.13 bits per heavy atom. The lowest BCUT2D eigenvalue weighted by molar-refractivity contribution is -0.116. The number of fused-ring (bicyclic) bond motifs is 1. The maximum absolute atomic E-state index is 12.0. The van der Waals surface area contributed by atoms with Gasteiger partial charge in [-0.3, -0.25) is 9.79 Å². The van der Waals surface area contributed by atoms with Gasteiger partial charge in [-0.2, -0.15) is 0 Å². The molecule has 0 radical (unpaired) electrons. The first-order chi connectivity index (χ1) is 14.7.